The molecule has 0 unspecified atom stereocenters. The third kappa shape index (κ3) is 4.30. The van der Waals surface area contributed by atoms with Crippen LogP contribution in [0, 0.1) is 5.92 Å². The number of nitrogens with zero attached hydrogens (tertiary/aromatic N) is 3. The van der Waals surface area contributed by atoms with Crippen molar-refractivity contribution in [3.63, 3.8) is 0 Å². The van der Waals surface area contributed by atoms with E-state index in [0.717, 1.165) is 17.3 Å². The lowest BCUT2D eigenvalue weighted by molar-refractivity contribution is -0.126. The Bertz CT molecular complexity index is 1150. The summed E-state index contributed by atoms with van der Waals surface area (Å²) in [6.45, 7) is 0.992. The highest BCUT2D eigenvalue weighted by molar-refractivity contribution is 7.89. The average molecular weight is 447 g/mol. The van der Waals surface area contributed by atoms with E-state index >= 15 is 0 Å². The Morgan fingerprint density at radius 1 is 1.20 bits per heavy atom. The zero-order valence-electron chi connectivity index (χ0n) is 16.2. The standard InChI is InChI=1S/C20H22N4O4S2/c25-16-8-6-14(7-9-16)10-11-21-20(26)15-3-2-12-24(13-15)30(27,28)18-5-1-4-17-19(18)23-29-22-17/h1,4-9,15,25H,2-3,10-13H2,(H,21,26)/t15-/m0/s1. The minimum atomic E-state index is -3.76. The largest absolute Gasteiger partial charge is 0.508 e. The zero-order valence-corrected chi connectivity index (χ0v) is 17.8. The third-order valence-electron chi connectivity index (χ3n) is 5.27. The summed E-state index contributed by atoms with van der Waals surface area (Å²) in [6.07, 6.45) is 1.92. The van der Waals surface area contributed by atoms with Gasteiger partial charge < -0.3 is 10.4 Å². The number of aromatic nitrogens is 2. The van der Waals surface area contributed by atoms with E-state index in [1.165, 1.54) is 4.31 Å². The first-order valence-electron chi connectivity index (χ1n) is 9.72. The van der Waals surface area contributed by atoms with Crippen LogP contribution in [0.25, 0.3) is 11.0 Å². The molecular formula is C20H22N4O4S2. The first kappa shape index (κ1) is 20.7. The molecule has 4 rings (SSSR count). The number of hydrogen-bond acceptors (Lipinski definition) is 7. The molecule has 10 heteroatoms. The molecule has 0 bridgehead atoms. The summed E-state index contributed by atoms with van der Waals surface area (Å²) in [6, 6.07) is 11.8. The van der Waals surface area contributed by atoms with Crippen LogP contribution < -0.4 is 5.32 Å². The minimum absolute atomic E-state index is 0.137. The fraction of sp³-hybridized carbons (Fsp3) is 0.350. The monoisotopic (exact) mass is 446 g/mol. The normalized spacial score (nSPS) is 17.8. The molecule has 2 heterocycles. The van der Waals surface area contributed by atoms with Crippen LogP contribution in [0.1, 0.15) is 18.4 Å². The summed E-state index contributed by atoms with van der Waals surface area (Å²) in [5, 5.41) is 12.2. The molecule has 1 aromatic heterocycles. The van der Waals surface area contributed by atoms with Crippen LogP contribution in [0.3, 0.4) is 0 Å². The van der Waals surface area contributed by atoms with Crippen molar-refractivity contribution in [3.8, 4) is 5.75 Å². The van der Waals surface area contributed by atoms with Gasteiger partial charge in [-0.2, -0.15) is 13.1 Å². The molecule has 1 atom stereocenters. The van der Waals surface area contributed by atoms with Gasteiger partial charge >= 0.3 is 0 Å². The second-order valence-electron chi connectivity index (χ2n) is 7.30. The highest BCUT2D eigenvalue weighted by Gasteiger charge is 2.34. The van der Waals surface area contributed by atoms with Gasteiger partial charge in [-0.15, -0.1) is 0 Å². The summed E-state index contributed by atoms with van der Waals surface area (Å²) in [7, 11) is -3.76. The van der Waals surface area contributed by atoms with Gasteiger partial charge in [-0.05, 0) is 49.1 Å². The summed E-state index contributed by atoms with van der Waals surface area (Å²) in [5.41, 5.74) is 1.94. The molecule has 0 saturated carbocycles. The molecule has 2 aromatic carbocycles. The number of nitrogens with one attached hydrogen (secondary N) is 1. The summed E-state index contributed by atoms with van der Waals surface area (Å²) >= 11 is 0.982. The van der Waals surface area contributed by atoms with Gasteiger partial charge in [0.25, 0.3) is 0 Å². The van der Waals surface area contributed by atoms with Crippen molar-refractivity contribution in [1.82, 2.24) is 18.4 Å². The molecule has 1 aliphatic heterocycles. The molecule has 158 valence electrons. The predicted octanol–water partition coefficient (Wildman–Crippen LogP) is 2.16. The number of rotatable bonds is 6. The van der Waals surface area contributed by atoms with E-state index in [1.807, 2.05) is 12.1 Å². The number of sulfonamides is 1. The molecule has 1 amide bonds. The van der Waals surface area contributed by atoms with Gasteiger partial charge in [0, 0.05) is 19.6 Å². The van der Waals surface area contributed by atoms with Gasteiger partial charge in [0.05, 0.1) is 17.6 Å². The second kappa shape index (κ2) is 8.66. The number of benzene rings is 2. The number of carbonyl (C=O) groups is 1. The van der Waals surface area contributed by atoms with Crippen molar-refractivity contribution < 1.29 is 18.3 Å². The molecule has 1 aliphatic rings. The molecule has 2 N–H and O–H groups in total. The van der Waals surface area contributed by atoms with Crippen molar-refractivity contribution >= 4 is 38.7 Å². The average Bonchev–Trinajstić information content (AvgIpc) is 3.24. The first-order valence-corrected chi connectivity index (χ1v) is 11.9. The van der Waals surface area contributed by atoms with E-state index in [1.54, 1.807) is 30.3 Å². The summed E-state index contributed by atoms with van der Waals surface area (Å²) in [5.74, 6) is -0.321. The fourth-order valence-electron chi connectivity index (χ4n) is 3.64. The van der Waals surface area contributed by atoms with Gasteiger partial charge in [0.1, 0.15) is 21.7 Å². The van der Waals surface area contributed by atoms with Gasteiger partial charge in [0.15, 0.2) is 0 Å². The van der Waals surface area contributed by atoms with Gasteiger partial charge in [-0.25, -0.2) is 8.42 Å². The van der Waals surface area contributed by atoms with E-state index in [2.05, 4.69) is 14.1 Å². The van der Waals surface area contributed by atoms with Crippen LogP contribution >= 0.6 is 11.7 Å². The molecular weight excluding hydrogens is 424 g/mol. The maximum atomic E-state index is 13.2. The lowest BCUT2D eigenvalue weighted by Crippen LogP contribution is -2.45. The van der Waals surface area contributed by atoms with Crippen LogP contribution in [-0.4, -0.2) is 52.1 Å². The molecule has 0 spiro atoms. The predicted molar refractivity (Wildman–Crippen MR) is 114 cm³/mol. The Kier molecular flexibility index (Phi) is 5.98. The Hall–Kier alpha value is -2.56. The van der Waals surface area contributed by atoms with E-state index in [4.69, 9.17) is 0 Å². The molecule has 30 heavy (non-hydrogen) atoms. The zero-order chi connectivity index (χ0) is 21.1. The van der Waals surface area contributed by atoms with Gasteiger partial charge in [0.2, 0.25) is 15.9 Å². The van der Waals surface area contributed by atoms with Crippen LogP contribution in [0.15, 0.2) is 47.4 Å². The number of amides is 1. The van der Waals surface area contributed by atoms with Gasteiger partial charge in [-0.3, -0.25) is 4.79 Å². The Morgan fingerprint density at radius 2 is 2.00 bits per heavy atom. The Balaban J connectivity index is 1.40. The number of phenolic OH excluding ortho intramolecular Hbond substituents is 1. The van der Waals surface area contributed by atoms with E-state index in [9.17, 15) is 18.3 Å². The fourth-order valence-corrected chi connectivity index (χ4v) is 5.92. The Morgan fingerprint density at radius 3 is 2.80 bits per heavy atom. The maximum absolute atomic E-state index is 13.2. The number of aromatic hydroxyl groups is 1. The van der Waals surface area contributed by atoms with Crippen molar-refractivity contribution in [2.45, 2.75) is 24.2 Å². The molecule has 0 aliphatic carbocycles. The van der Waals surface area contributed by atoms with Crippen LogP contribution in [0.5, 0.6) is 5.75 Å². The maximum Gasteiger partial charge on any atom is 0.245 e. The van der Waals surface area contributed by atoms with E-state index < -0.39 is 10.0 Å². The van der Waals surface area contributed by atoms with Crippen molar-refractivity contribution in [2.75, 3.05) is 19.6 Å². The number of carbonyl (C=O) groups excluding carboxylic acids is 1. The highest BCUT2D eigenvalue weighted by atomic mass is 32.2. The van der Waals surface area contributed by atoms with E-state index in [-0.39, 0.29) is 29.0 Å². The highest BCUT2D eigenvalue weighted by Crippen LogP contribution is 2.28. The summed E-state index contributed by atoms with van der Waals surface area (Å²) in [4.78, 5) is 12.8. The number of fused-ring (bicyclic) bond motifs is 1. The number of piperidine rings is 1. The quantitative estimate of drug-likeness (QED) is 0.600. The SMILES string of the molecule is O=C(NCCc1ccc(O)cc1)[C@H]1CCCN(S(=O)(=O)c2cccc3nsnc23)C1. The van der Waals surface area contributed by atoms with Gasteiger partial charge in [-0.1, -0.05) is 18.2 Å². The van der Waals surface area contributed by atoms with Crippen molar-refractivity contribution in [2.24, 2.45) is 5.92 Å². The molecule has 1 fully saturated rings. The molecule has 0 radical (unpaired) electrons. The van der Waals surface area contributed by atoms with E-state index in [0.29, 0.717) is 43.4 Å². The first-order chi connectivity index (χ1) is 14.4. The lowest BCUT2D eigenvalue weighted by Gasteiger charge is -2.31. The van der Waals surface area contributed by atoms with Crippen LogP contribution in [0.2, 0.25) is 0 Å². The van der Waals surface area contributed by atoms with Crippen LogP contribution in [-0.2, 0) is 21.2 Å². The topological polar surface area (TPSA) is 112 Å². The van der Waals surface area contributed by atoms with Crippen molar-refractivity contribution in [1.29, 1.82) is 0 Å². The molecule has 3 aromatic rings. The van der Waals surface area contributed by atoms with Crippen molar-refractivity contribution in [3.05, 3.63) is 48.0 Å². The van der Waals surface area contributed by atoms with Crippen LogP contribution in [0.4, 0.5) is 0 Å². The summed E-state index contributed by atoms with van der Waals surface area (Å²) < 4.78 is 36.0. The number of hydrogen-bond donors (Lipinski definition) is 2. The smallest absolute Gasteiger partial charge is 0.245 e. The number of phenols is 1. The third-order valence-corrected chi connectivity index (χ3v) is 7.71. The second-order valence-corrected chi connectivity index (χ2v) is 9.73. The minimum Gasteiger partial charge on any atom is -0.508 e. The Labute approximate surface area is 178 Å². The molecule has 8 nitrogen and oxygen atoms in total. The lowest BCUT2D eigenvalue weighted by atomic mass is 9.99. The molecule has 1 saturated heterocycles.